The van der Waals surface area contributed by atoms with Crippen molar-refractivity contribution in [1.82, 2.24) is 10.2 Å². The Morgan fingerprint density at radius 2 is 2.10 bits per heavy atom. The first-order chi connectivity index (χ1) is 10.3. The maximum absolute atomic E-state index is 12.3. The predicted molar refractivity (Wildman–Crippen MR) is 89.0 cm³/mol. The SMILES string of the molecule is CCC(CNC(=O)c1cc2ccccc2s1)N1CCCC1. The van der Waals surface area contributed by atoms with Crippen LogP contribution in [0.15, 0.2) is 30.3 Å². The summed E-state index contributed by atoms with van der Waals surface area (Å²) < 4.78 is 1.18. The van der Waals surface area contributed by atoms with E-state index in [1.54, 1.807) is 11.3 Å². The molecular weight excluding hydrogens is 280 g/mol. The molecule has 1 aliphatic heterocycles. The Morgan fingerprint density at radius 3 is 2.81 bits per heavy atom. The Morgan fingerprint density at radius 1 is 1.33 bits per heavy atom. The third-order valence-corrected chi connectivity index (χ3v) is 5.39. The van der Waals surface area contributed by atoms with Gasteiger partial charge in [-0.1, -0.05) is 25.1 Å². The third kappa shape index (κ3) is 3.27. The molecule has 1 amide bonds. The number of benzene rings is 1. The highest BCUT2D eigenvalue weighted by molar-refractivity contribution is 7.20. The topological polar surface area (TPSA) is 32.3 Å². The highest BCUT2D eigenvalue weighted by Gasteiger charge is 2.21. The molecule has 2 aromatic rings. The molecule has 1 fully saturated rings. The minimum atomic E-state index is 0.0637. The van der Waals surface area contributed by atoms with Gasteiger partial charge in [-0.25, -0.2) is 0 Å². The number of hydrogen-bond acceptors (Lipinski definition) is 3. The van der Waals surface area contributed by atoms with E-state index >= 15 is 0 Å². The smallest absolute Gasteiger partial charge is 0.261 e. The van der Waals surface area contributed by atoms with Crippen LogP contribution in [0.1, 0.15) is 35.9 Å². The van der Waals surface area contributed by atoms with Crippen LogP contribution in [0.5, 0.6) is 0 Å². The summed E-state index contributed by atoms with van der Waals surface area (Å²) in [5.74, 6) is 0.0637. The van der Waals surface area contributed by atoms with E-state index in [1.807, 2.05) is 18.2 Å². The zero-order valence-electron chi connectivity index (χ0n) is 12.5. The molecule has 2 heterocycles. The van der Waals surface area contributed by atoms with Crippen molar-refractivity contribution in [2.45, 2.75) is 32.2 Å². The number of rotatable bonds is 5. The second kappa shape index (κ2) is 6.58. The molecule has 1 unspecified atom stereocenters. The fraction of sp³-hybridized carbons (Fsp3) is 0.471. The average molecular weight is 302 g/mol. The maximum atomic E-state index is 12.3. The van der Waals surface area contributed by atoms with Gasteiger partial charge in [0.15, 0.2) is 0 Å². The van der Waals surface area contributed by atoms with Crippen LogP contribution >= 0.6 is 11.3 Å². The van der Waals surface area contributed by atoms with E-state index in [0.29, 0.717) is 6.04 Å². The van der Waals surface area contributed by atoms with Gasteiger partial charge in [0.25, 0.3) is 5.91 Å². The molecule has 1 atom stereocenters. The van der Waals surface area contributed by atoms with Crippen LogP contribution in [0.25, 0.3) is 10.1 Å². The van der Waals surface area contributed by atoms with Gasteiger partial charge >= 0.3 is 0 Å². The normalized spacial score (nSPS) is 17.2. The monoisotopic (exact) mass is 302 g/mol. The van der Waals surface area contributed by atoms with Crippen LogP contribution in [0.4, 0.5) is 0 Å². The van der Waals surface area contributed by atoms with Crippen LogP contribution in [0.3, 0.4) is 0 Å². The van der Waals surface area contributed by atoms with Gasteiger partial charge in [-0.05, 0) is 49.9 Å². The molecule has 0 bridgehead atoms. The van der Waals surface area contributed by atoms with Crippen LogP contribution in [-0.2, 0) is 0 Å². The summed E-state index contributed by atoms with van der Waals surface area (Å²) in [7, 11) is 0. The fourth-order valence-corrected chi connectivity index (χ4v) is 4.01. The second-order valence-electron chi connectivity index (χ2n) is 5.66. The van der Waals surface area contributed by atoms with Crippen LogP contribution in [0.2, 0.25) is 0 Å². The van der Waals surface area contributed by atoms with Crippen molar-refractivity contribution in [1.29, 1.82) is 0 Å². The molecule has 21 heavy (non-hydrogen) atoms. The minimum absolute atomic E-state index is 0.0637. The van der Waals surface area contributed by atoms with E-state index < -0.39 is 0 Å². The third-order valence-electron chi connectivity index (χ3n) is 4.28. The first-order valence-electron chi connectivity index (χ1n) is 7.78. The highest BCUT2D eigenvalue weighted by atomic mass is 32.1. The largest absolute Gasteiger partial charge is 0.350 e. The van der Waals surface area contributed by atoms with Crippen molar-refractivity contribution in [3.05, 3.63) is 35.2 Å². The first-order valence-corrected chi connectivity index (χ1v) is 8.60. The molecular formula is C17H22N2OS. The Bertz CT molecular complexity index is 583. The Balaban J connectivity index is 1.62. The lowest BCUT2D eigenvalue weighted by Crippen LogP contribution is -2.42. The van der Waals surface area contributed by atoms with Crippen molar-refractivity contribution in [3.8, 4) is 0 Å². The number of thiophene rings is 1. The lowest BCUT2D eigenvalue weighted by Gasteiger charge is -2.26. The number of carbonyl (C=O) groups is 1. The van der Waals surface area contributed by atoms with E-state index in [2.05, 4.69) is 29.3 Å². The molecule has 1 N–H and O–H groups in total. The number of carbonyl (C=O) groups excluding carboxylic acids is 1. The summed E-state index contributed by atoms with van der Waals surface area (Å²) in [5, 5.41) is 4.27. The van der Waals surface area contributed by atoms with Crippen molar-refractivity contribution in [3.63, 3.8) is 0 Å². The molecule has 0 spiro atoms. The van der Waals surface area contributed by atoms with Gasteiger partial charge in [-0.2, -0.15) is 0 Å². The molecule has 1 aromatic carbocycles. The highest BCUT2D eigenvalue weighted by Crippen LogP contribution is 2.25. The second-order valence-corrected chi connectivity index (χ2v) is 6.75. The summed E-state index contributed by atoms with van der Waals surface area (Å²) in [6, 6.07) is 10.6. The van der Waals surface area contributed by atoms with E-state index in [-0.39, 0.29) is 5.91 Å². The molecule has 0 saturated carbocycles. The number of nitrogens with one attached hydrogen (secondary N) is 1. The zero-order valence-corrected chi connectivity index (χ0v) is 13.3. The molecule has 4 heteroatoms. The quantitative estimate of drug-likeness (QED) is 0.916. The first kappa shape index (κ1) is 14.5. The summed E-state index contributed by atoms with van der Waals surface area (Å²) in [5.41, 5.74) is 0. The maximum Gasteiger partial charge on any atom is 0.261 e. The number of amides is 1. The molecule has 3 nitrogen and oxygen atoms in total. The van der Waals surface area contributed by atoms with Crippen LogP contribution < -0.4 is 5.32 Å². The van der Waals surface area contributed by atoms with Gasteiger partial charge in [-0.15, -0.1) is 11.3 Å². The van der Waals surface area contributed by atoms with Gasteiger partial charge in [0.2, 0.25) is 0 Å². The molecule has 1 aliphatic rings. The Labute approximate surface area is 130 Å². The van der Waals surface area contributed by atoms with Crippen molar-refractivity contribution in [2.24, 2.45) is 0 Å². The number of fused-ring (bicyclic) bond motifs is 1. The number of hydrogen-bond donors (Lipinski definition) is 1. The summed E-state index contributed by atoms with van der Waals surface area (Å²) >= 11 is 1.57. The molecule has 1 aromatic heterocycles. The Kier molecular flexibility index (Phi) is 4.56. The van der Waals surface area contributed by atoms with E-state index in [4.69, 9.17) is 0 Å². The lowest BCUT2D eigenvalue weighted by molar-refractivity contribution is 0.0941. The van der Waals surface area contributed by atoms with Gasteiger partial charge in [0, 0.05) is 17.3 Å². The van der Waals surface area contributed by atoms with E-state index in [0.717, 1.165) is 23.2 Å². The lowest BCUT2D eigenvalue weighted by atomic mass is 10.2. The Hall–Kier alpha value is -1.39. The van der Waals surface area contributed by atoms with Gasteiger partial charge < -0.3 is 5.32 Å². The van der Waals surface area contributed by atoms with Crippen LogP contribution in [-0.4, -0.2) is 36.5 Å². The van der Waals surface area contributed by atoms with Crippen molar-refractivity contribution >= 4 is 27.3 Å². The molecule has 0 aliphatic carbocycles. The van der Waals surface area contributed by atoms with Crippen molar-refractivity contribution in [2.75, 3.05) is 19.6 Å². The molecule has 1 saturated heterocycles. The molecule has 3 rings (SSSR count). The van der Waals surface area contributed by atoms with E-state index in [1.165, 1.54) is 30.6 Å². The summed E-state index contributed by atoms with van der Waals surface area (Å²) in [4.78, 5) is 15.6. The number of likely N-dealkylation sites (tertiary alicyclic amines) is 1. The zero-order chi connectivity index (χ0) is 14.7. The summed E-state index contributed by atoms with van der Waals surface area (Å²) in [6.07, 6.45) is 3.67. The number of nitrogens with zero attached hydrogens (tertiary/aromatic N) is 1. The minimum Gasteiger partial charge on any atom is -0.350 e. The average Bonchev–Trinajstić information content (AvgIpc) is 3.16. The molecule has 112 valence electrons. The standard InChI is InChI=1S/C17H22N2OS/c1-2-14(19-9-5-6-10-19)12-18-17(20)16-11-13-7-3-4-8-15(13)21-16/h3-4,7-8,11,14H,2,5-6,9-10,12H2,1H3,(H,18,20). The fourth-order valence-electron chi connectivity index (χ4n) is 3.03. The molecule has 0 radical (unpaired) electrons. The van der Waals surface area contributed by atoms with E-state index in [9.17, 15) is 4.79 Å². The van der Waals surface area contributed by atoms with Gasteiger partial charge in [-0.3, -0.25) is 9.69 Å². The van der Waals surface area contributed by atoms with Crippen LogP contribution in [0, 0.1) is 0 Å². The van der Waals surface area contributed by atoms with Gasteiger partial charge in [0.05, 0.1) is 4.88 Å². The summed E-state index contributed by atoms with van der Waals surface area (Å²) in [6.45, 7) is 5.31. The van der Waals surface area contributed by atoms with Crippen molar-refractivity contribution < 1.29 is 4.79 Å². The van der Waals surface area contributed by atoms with Gasteiger partial charge in [0.1, 0.15) is 0 Å². The predicted octanol–water partition coefficient (Wildman–Crippen LogP) is 3.51.